The molecule has 3 aromatic rings. The first kappa shape index (κ1) is 17.2. The quantitative estimate of drug-likeness (QED) is 0.694. The van der Waals surface area contributed by atoms with Crippen molar-refractivity contribution in [3.05, 3.63) is 59.2 Å². The van der Waals surface area contributed by atoms with Crippen LogP contribution in [0.4, 0.5) is 11.6 Å². The molecule has 5 nitrogen and oxygen atoms in total. The molecule has 0 atom stereocenters. The second-order valence-electron chi connectivity index (χ2n) is 6.48. The fourth-order valence-electron chi connectivity index (χ4n) is 3.28. The van der Waals surface area contributed by atoms with Gasteiger partial charge in [-0.15, -0.1) is 0 Å². The van der Waals surface area contributed by atoms with E-state index < -0.39 is 0 Å². The zero-order chi connectivity index (χ0) is 17.8. The van der Waals surface area contributed by atoms with Crippen molar-refractivity contribution >= 4 is 38.5 Å². The van der Waals surface area contributed by atoms with Crippen molar-refractivity contribution < 1.29 is 0 Å². The van der Waals surface area contributed by atoms with Crippen LogP contribution in [-0.4, -0.2) is 54.1 Å². The topological polar surface area (TPSA) is 44.3 Å². The first-order valence-electron chi connectivity index (χ1n) is 8.96. The predicted octanol–water partition coefficient (Wildman–Crippen LogP) is 3.63. The number of fused-ring (bicyclic) bond motifs is 1. The summed E-state index contributed by atoms with van der Waals surface area (Å²) in [6.07, 6.45) is 1.86. The molecule has 6 heteroatoms. The minimum Gasteiger partial charge on any atom is -0.369 e. The minimum atomic E-state index is 0.901. The lowest BCUT2D eigenvalue weighted by molar-refractivity contribution is 0.266. The number of pyridine rings is 2. The van der Waals surface area contributed by atoms with Gasteiger partial charge in [-0.2, -0.15) is 0 Å². The Kier molecular flexibility index (Phi) is 5.32. The van der Waals surface area contributed by atoms with Crippen molar-refractivity contribution in [2.24, 2.45) is 0 Å². The molecule has 0 aliphatic carbocycles. The number of nitrogens with zero attached hydrogens (tertiary/aromatic N) is 4. The van der Waals surface area contributed by atoms with Crippen LogP contribution < -0.4 is 10.2 Å². The first-order chi connectivity index (χ1) is 12.8. The summed E-state index contributed by atoms with van der Waals surface area (Å²) in [6.45, 7) is 6.11. The lowest BCUT2D eigenvalue weighted by Crippen LogP contribution is -2.47. The first-order valence-corrected chi connectivity index (χ1v) is 9.76. The molecule has 0 saturated carbocycles. The van der Waals surface area contributed by atoms with Crippen LogP contribution in [0.5, 0.6) is 0 Å². The molecule has 0 radical (unpaired) electrons. The van der Waals surface area contributed by atoms with Crippen molar-refractivity contribution in [3.8, 4) is 0 Å². The molecule has 2 aromatic heterocycles. The molecule has 1 fully saturated rings. The smallest absolute Gasteiger partial charge is 0.128 e. The molecule has 1 aromatic carbocycles. The number of hydrogen-bond acceptors (Lipinski definition) is 5. The van der Waals surface area contributed by atoms with Crippen molar-refractivity contribution in [2.45, 2.75) is 0 Å². The standard InChI is InChI=1S/C20H22BrN5/c21-17-5-6-18-16(15-17)4-7-19(24-18)22-9-10-25-11-13-26(14-12-25)20-3-1-2-8-23-20/h1-8,15H,9-14H2,(H,22,24). The van der Waals surface area contributed by atoms with E-state index in [4.69, 9.17) is 0 Å². The average Bonchev–Trinajstić information content (AvgIpc) is 2.69. The fourth-order valence-corrected chi connectivity index (χ4v) is 3.66. The molecule has 4 rings (SSSR count). The monoisotopic (exact) mass is 411 g/mol. The molecule has 1 saturated heterocycles. The maximum absolute atomic E-state index is 4.68. The Hall–Kier alpha value is -2.18. The number of hydrogen-bond donors (Lipinski definition) is 1. The molecule has 1 aliphatic heterocycles. The van der Waals surface area contributed by atoms with Crippen LogP contribution in [0.1, 0.15) is 0 Å². The summed E-state index contributed by atoms with van der Waals surface area (Å²) in [6, 6.07) is 16.4. The SMILES string of the molecule is Brc1ccc2nc(NCCN3CCN(c4ccccn4)CC3)ccc2c1. The fraction of sp³-hybridized carbons (Fsp3) is 0.300. The highest BCUT2D eigenvalue weighted by atomic mass is 79.9. The van der Waals surface area contributed by atoms with Gasteiger partial charge in [0, 0.05) is 55.3 Å². The molecular weight excluding hydrogens is 390 g/mol. The van der Waals surface area contributed by atoms with E-state index in [1.807, 2.05) is 36.5 Å². The molecule has 0 spiro atoms. The molecule has 1 aliphatic rings. The van der Waals surface area contributed by atoms with E-state index >= 15 is 0 Å². The Labute approximate surface area is 162 Å². The van der Waals surface area contributed by atoms with E-state index in [1.54, 1.807) is 0 Å². The van der Waals surface area contributed by atoms with Gasteiger partial charge in [-0.3, -0.25) is 4.90 Å². The van der Waals surface area contributed by atoms with Gasteiger partial charge in [0.1, 0.15) is 11.6 Å². The Balaban J connectivity index is 1.26. The summed E-state index contributed by atoms with van der Waals surface area (Å²) in [5.41, 5.74) is 1.02. The van der Waals surface area contributed by atoms with Crippen molar-refractivity contribution in [1.29, 1.82) is 0 Å². The van der Waals surface area contributed by atoms with Gasteiger partial charge in [-0.1, -0.05) is 22.0 Å². The van der Waals surface area contributed by atoms with Crippen molar-refractivity contribution in [1.82, 2.24) is 14.9 Å². The molecule has 0 amide bonds. The number of rotatable bonds is 5. The van der Waals surface area contributed by atoms with Crippen LogP contribution in [0.2, 0.25) is 0 Å². The number of benzene rings is 1. The highest BCUT2D eigenvalue weighted by molar-refractivity contribution is 9.10. The summed E-state index contributed by atoms with van der Waals surface area (Å²) in [5, 5.41) is 4.60. The Morgan fingerprint density at radius 3 is 2.69 bits per heavy atom. The largest absolute Gasteiger partial charge is 0.369 e. The van der Waals surface area contributed by atoms with Gasteiger partial charge >= 0.3 is 0 Å². The molecule has 26 heavy (non-hydrogen) atoms. The minimum absolute atomic E-state index is 0.901. The summed E-state index contributed by atoms with van der Waals surface area (Å²) < 4.78 is 1.08. The van der Waals surface area contributed by atoms with E-state index in [1.165, 1.54) is 0 Å². The van der Waals surface area contributed by atoms with Crippen LogP contribution in [-0.2, 0) is 0 Å². The van der Waals surface area contributed by atoms with Gasteiger partial charge in [0.25, 0.3) is 0 Å². The Morgan fingerprint density at radius 2 is 1.88 bits per heavy atom. The van der Waals surface area contributed by atoms with Gasteiger partial charge in [-0.05, 0) is 42.5 Å². The zero-order valence-corrected chi connectivity index (χ0v) is 16.2. The number of nitrogens with one attached hydrogen (secondary N) is 1. The number of halogens is 1. The maximum Gasteiger partial charge on any atom is 0.128 e. The summed E-state index contributed by atoms with van der Waals surface area (Å²) >= 11 is 3.50. The van der Waals surface area contributed by atoms with E-state index in [0.717, 1.165) is 66.3 Å². The van der Waals surface area contributed by atoms with Crippen molar-refractivity contribution in [2.75, 3.05) is 49.5 Å². The predicted molar refractivity (Wildman–Crippen MR) is 111 cm³/mol. The summed E-state index contributed by atoms with van der Waals surface area (Å²) in [7, 11) is 0. The lowest BCUT2D eigenvalue weighted by atomic mass is 10.2. The molecular formula is C20H22BrN5. The number of anilines is 2. The van der Waals surface area contributed by atoms with E-state index in [-0.39, 0.29) is 0 Å². The van der Waals surface area contributed by atoms with Crippen LogP contribution in [0.3, 0.4) is 0 Å². The van der Waals surface area contributed by atoms with Crippen LogP contribution in [0.25, 0.3) is 10.9 Å². The molecule has 0 unspecified atom stereocenters. The third kappa shape index (κ3) is 4.14. The highest BCUT2D eigenvalue weighted by Gasteiger charge is 2.17. The van der Waals surface area contributed by atoms with Gasteiger partial charge in [0.2, 0.25) is 0 Å². The van der Waals surface area contributed by atoms with Crippen LogP contribution >= 0.6 is 15.9 Å². The van der Waals surface area contributed by atoms with Gasteiger partial charge < -0.3 is 10.2 Å². The molecule has 3 heterocycles. The Morgan fingerprint density at radius 1 is 1.00 bits per heavy atom. The van der Waals surface area contributed by atoms with Gasteiger partial charge in [0.05, 0.1) is 5.52 Å². The third-order valence-electron chi connectivity index (χ3n) is 4.73. The maximum atomic E-state index is 4.68. The number of aromatic nitrogens is 2. The molecule has 1 N–H and O–H groups in total. The van der Waals surface area contributed by atoms with E-state index in [0.29, 0.717) is 0 Å². The second kappa shape index (κ2) is 8.01. The highest BCUT2D eigenvalue weighted by Crippen LogP contribution is 2.20. The summed E-state index contributed by atoms with van der Waals surface area (Å²) in [4.78, 5) is 14.0. The normalized spacial score (nSPS) is 15.3. The van der Waals surface area contributed by atoms with E-state index in [9.17, 15) is 0 Å². The Bertz CT molecular complexity index is 862. The number of piperazine rings is 1. The van der Waals surface area contributed by atoms with Gasteiger partial charge in [0.15, 0.2) is 0 Å². The average molecular weight is 412 g/mol. The van der Waals surface area contributed by atoms with Crippen LogP contribution in [0.15, 0.2) is 59.2 Å². The summed E-state index contributed by atoms with van der Waals surface area (Å²) in [5.74, 6) is 2.02. The molecule has 134 valence electrons. The zero-order valence-electron chi connectivity index (χ0n) is 14.6. The molecule has 0 bridgehead atoms. The van der Waals surface area contributed by atoms with Crippen molar-refractivity contribution in [3.63, 3.8) is 0 Å². The third-order valence-corrected chi connectivity index (χ3v) is 5.22. The second-order valence-corrected chi connectivity index (χ2v) is 7.39. The van der Waals surface area contributed by atoms with Gasteiger partial charge in [-0.25, -0.2) is 9.97 Å². The van der Waals surface area contributed by atoms with E-state index in [2.05, 4.69) is 59.2 Å². The van der Waals surface area contributed by atoms with Crippen LogP contribution in [0, 0.1) is 0 Å². The lowest BCUT2D eigenvalue weighted by Gasteiger charge is -2.35.